The molecule has 0 aliphatic carbocycles. The molecule has 1 aromatic carbocycles. The quantitative estimate of drug-likeness (QED) is 0.669. The van der Waals surface area contributed by atoms with Crippen molar-refractivity contribution in [2.45, 2.75) is 37.1 Å². The fourth-order valence-electron chi connectivity index (χ4n) is 2.93. The third-order valence-electron chi connectivity index (χ3n) is 4.18. The van der Waals surface area contributed by atoms with Crippen molar-refractivity contribution in [2.24, 2.45) is 0 Å². The molecule has 0 saturated carbocycles. The number of aromatic nitrogens is 3. The van der Waals surface area contributed by atoms with Gasteiger partial charge in [-0.2, -0.15) is 5.10 Å². The number of hydrogen-bond donors (Lipinski definition) is 1. The van der Waals surface area contributed by atoms with Crippen LogP contribution in [0.5, 0.6) is 0 Å². The van der Waals surface area contributed by atoms with Gasteiger partial charge in [-0.3, -0.25) is 9.48 Å². The summed E-state index contributed by atoms with van der Waals surface area (Å²) >= 11 is 1.27. The molecule has 3 aromatic rings. The molecule has 1 fully saturated rings. The zero-order chi connectivity index (χ0) is 17.8. The van der Waals surface area contributed by atoms with Crippen molar-refractivity contribution in [1.29, 1.82) is 0 Å². The maximum absolute atomic E-state index is 12.1. The molecule has 2 aromatic heterocycles. The zero-order valence-electron chi connectivity index (χ0n) is 14.3. The Morgan fingerprint density at radius 3 is 3.12 bits per heavy atom. The van der Waals surface area contributed by atoms with Crippen LogP contribution in [0.3, 0.4) is 0 Å². The van der Waals surface area contributed by atoms with Gasteiger partial charge in [0.15, 0.2) is 5.58 Å². The van der Waals surface area contributed by atoms with Crippen LogP contribution >= 0.6 is 11.8 Å². The first kappa shape index (κ1) is 17.1. The molecule has 1 aliphatic rings. The van der Waals surface area contributed by atoms with Gasteiger partial charge >= 0.3 is 0 Å². The van der Waals surface area contributed by atoms with E-state index < -0.39 is 0 Å². The van der Waals surface area contributed by atoms with Gasteiger partial charge in [-0.25, -0.2) is 4.98 Å². The first-order chi connectivity index (χ1) is 12.8. The van der Waals surface area contributed by atoms with Gasteiger partial charge in [0.2, 0.25) is 5.91 Å². The lowest BCUT2D eigenvalue weighted by atomic mass is 10.1. The largest absolute Gasteiger partial charge is 0.431 e. The van der Waals surface area contributed by atoms with Crippen molar-refractivity contribution in [3.63, 3.8) is 0 Å². The van der Waals surface area contributed by atoms with Gasteiger partial charge < -0.3 is 14.5 Å². The van der Waals surface area contributed by atoms with Crippen molar-refractivity contribution >= 4 is 34.5 Å². The molecule has 1 amide bonds. The van der Waals surface area contributed by atoms with Gasteiger partial charge in [-0.1, -0.05) is 23.9 Å². The number of rotatable bonds is 6. The first-order valence-electron chi connectivity index (χ1n) is 8.68. The summed E-state index contributed by atoms with van der Waals surface area (Å²) in [5.41, 5.74) is 2.20. The molecule has 8 heteroatoms. The van der Waals surface area contributed by atoms with Crippen LogP contribution in [0.2, 0.25) is 0 Å². The van der Waals surface area contributed by atoms with Crippen molar-refractivity contribution in [1.82, 2.24) is 14.8 Å². The number of oxazole rings is 1. The topological polar surface area (TPSA) is 82.2 Å². The molecular formula is C18H20N4O3S. The Morgan fingerprint density at radius 2 is 2.27 bits per heavy atom. The van der Waals surface area contributed by atoms with E-state index in [4.69, 9.17) is 9.15 Å². The van der Waals surface area contributed by atoms with E-state index in [1.165, 1.54) is 18.2 Å². The molecule has 1 saturated heterocycles. The van der Waals surface area contributed by atoms with E-state index in [1.807, 2.05) is 35.1 Å². The molecule has 0 radical (unpaired) electrons. The normalized spacial score (nSPS) is 17.5. The zero-order valence-corrected chi connectivity index (χ0v) is 15.1. The Hall–Kier alpha value is -2.32. The number of carbonyl (C=O) groups is 1. The second kappa shape index (κ2) is 7.92. The average Bonchev–Trinajstić information content (AvgIpc) is 3.27. The molecule has 7 nitrogen and oxygen atoms in total. The summed E-state index contributed by atoms with van der Waals surface area (Å²) in [6.45, 7) is 1.54. The Bertz CT molecular complexity index is 852. The van der Waals surface area contributed by atoms with Gasteiger partial charge in [-0.15, -0.1) is 0 Å². The van der Waals surface area contributed by atoms with Crippen LogP contribution < -0.4 is 5.32 Å². The maximum atomic E-state index is 12.1. The lowest BCUT2D eigenvalue weighted by Crippen LogP contribution is -2.24. The van der Waals surface area contributed by atoms with E-state index in [1.54, 1.807) is 6.20 Å². The molecule has 4 rings (SSSR count). The Balaban J connectivity index is 1.27. The Labute approximate surface area is 155 Å². The standard InChI is InChI=1S/C18H20N4O3S/c23-17(12-26-18-21-15-6-1-2-7-16(15)25-18)20-13-9-19-22(10-13)11-14-5-3-4-8-24-14/h1-2,6-7,9-10,14H,3-5,8,11-12H2,(H,20,23). The van der Waals surface area contributed by atoms with Crippen LogP contribution in [0.4, 0.5) is 5.69 Å². The summed E-state index contributed by atoms with van der Waals surface area (Å²) in [7, 11) is 0. The molecule has 26 heavy (non-hydrogen) atoms. The van der Waals surface area contributed by atoms with Crippen molar-refractivity contribution in [2.75, 3.05) is 17.7 Å². The molecule has 1 unspecified atom stereocenters. The SMILES string of the molecule is O=C(CSc1nc2ccccc2o1)Nc1cnn(CC2CCCCO2)c1. The minimum Gasteiger partial charge on any atom is -0.431 e. The van der Waals surface area contributed by atoms with Crippen molar-refractivity contribution < 1.29 is 13.9 Å². The van der Waals surface area contributed by atoms with Gasteiger partial charge in [0, 0.05) is 12.8 Å². The van der Waals surface area contributed by atoms with Gasteiger partial charge in [0.05, 0.1) is 30.3 Å². The number of thioether (sulfide) groups is 1. The van der Waals surface area contributed by atoms with E-state index in [0.29, 0.717) is 17.5 Å². The average molecular weight is 372 g/mol. The number of amides is 1. The molecule has 3 heterocycles. The summed E-state index contributed by atoms with van der Waals surface area (Å²) in [6, 6.07) is 7.54. The minimum atomic E-state index is -0.120. The molecule has 1 aliphatic heterocycles. The lowest BCUT2D eigenvalue weighted by molar-refractivity contribution is -0.113. The predicted molar refractivity (Wildman–Crippen MR) is 99.2 cm³/mol. The number of hydrogen-bond acceptors (Lipinski definition) is 6. The highest BCUT2D eigenvalue weighted by molar-refractivity contribution is 7.99. The van der Waals surface area contributed by atoms with E-state index in [0.717, 1.165) is 30.5 Å². The number of anilines is 1. The molecule has 1 N–H and O–H groups in total. The highest BCUT2D eigenvalue weighted by Crippen LogP contribution is 2.23. The Kier molecular flexibility index (Phi) is 5.21. The van der Waals surface area contributed by atoms with Crippen LogP contribution in [0.25, 0.3) is 11.1 Å². The van der Waals surface area contributed by atoms with Crippen molar-refractivity contribution in [3.05, 3.63) is 36.7 Å². The molecule has 136 valence electrons. The van der Waals surface area contributed by atoms with Gasteiger partial charge in [0.25, 0.3) is 5.22 Å². The van der Waals surface area contributed by atoms with Crippen LogP contribution in [-0.4, -0.2) is 39.1 Å². The maximum Gasteiger partial charge on any atom is 0.257 e. The number of ether oxygens (including phenoxy) is 1. The number of nitrogens with one attached hydrogen (secondary N) is 1. The predicted octanol–water partition coefficient (Wildman–Crippen LogP) is 3.32. The van der Waals surface area contributed by atoms with Crippen LogP contribution in [0, 0.1) is 0 Å². The first-order valence-corrected chi connectivity index (χ1v) is 9.67. The number of fused-ring (bicyclic) bond motifs is 1. The molecule has 0 spiro atoms. The van der Waals surface area contributed by atoms with Gasteiger partial charge in [-0.05, 0) is 31.4 Å². The number of para-hydroxylation sites is 2. The summed E-state index contributed by atoms with van der Waals surface area (Å²) in [5.74, 6) is 0.106. The highest BCUT2D eigenvalue weighted by Gasteiger charge is 2.15. The Morgan fingerprint density at radius 1 is 1.35 bits per heavy atom. The van der Waals surface area contributed by atoms with E-state index in [-0.39, 0.29) is 17.8 Å². The molecule has 1 atom stereocenters. The van der Waals surface area contributed by atoms with E-state index in [2.05, 4.69) is 15.4 Å². The van der Waals surface area contributed by atoms with Crippen LogP contribution in [0.15, 0.2) is 46.3 Å². The summed E-state index contributed by atoms with van der Waals surface area (Å²) in [5, 5.41) is 7.64. The van der Waals surface area contributed by atoms with Crippen molar-refractivity contribution in [3.8, 4) is 0 Å². The smallest absolute Gasteiger partial charge is 0.257 e. The van der Waals surface area contributed by atoms with E-state index in [9.17, 15) is 4.79 Å². The fourth-order valence-corrected chi connectivity index (χ4v) is 3.56. The third kappa shape index (κ3) is 4.25. The molecular weight excluding hydrogens is 352 g/mol. The molecule has 0 bridgehead atoms. The fraction of sp³-hybridized carbons (Fsp3) is 0.389. The van der Waals surface area contributed by atoms with Gasteiger partial charge in [0.1, 0.15) is 5.52 Å². The number of nitrogens with zero attached hydrogens (tertiary/aromatic N) is 3. The number of benzene rings is 1. The second-order valence-electron chi connectivity index (χ2n) is 6.22. The second-order valence-corrected chi connectivity index (χ2v) is 7.15. The number of carbonyl (C=O) groups excluding carboxylic acids is 1. The van der Waals surface area contributed by atoms with Crippen LogP contribution in [-0.2, 0) is 16.1 Å². The lowest BCUT2D eigenvalue weighted by Gasteiger charge is -2.22. The summed E-state index contributed by atoms with van der Waals surface area (Å²) < 4.78 is 13.1. The third-order valence-corrected chi connectivity index (χ3v) is 5.01. The minimum absolute atomic E-state index is 0.120. The highest BCUT2D eigenvalue weighted by atomic mass is 32.2. The monoisotopic (exact) mass is 372 g/mol. The van der Waals surface area contributed by atoms with E-state index >= 15 is 0 Å². The summed E-state index contributed by atoms with van der Waals surface area (Å²) in [4.78, 5) is 16.5. The summed E-state index contributed by atoms with van der Waals surface area (Å²) in [6.07, 6.45) is 7.09. The van der Waals surface area contributed by atoms with Crippen LogP contribution in [0.1, 0.15) is 19.3 Å².